The van der Waals surface area contributed by atoms with E-state index in [1.165, 1.54) is 25.0 Å². The van der Waals surface area contributed by atoms with Crippen LogP contribution in [-0.4, -0.2) is 12.6 Å². The van der Waals surface area contributed by atoms with Crippen LogP contribution in [0.2, 0.25) is 0 Å². The summed E-state index contributed by atoms with van der Waals surface area (Å²) in [6.07, 6.45) is 7.26. The Morgan fingerprint density at radius 2 is 1.88 bits per heavy atom. The van der Waals surface area contributed by atoms with Gasteiger partial charge in [-0.3, -0.25) is 0 Å². The maximum absolute atomic E-state index is 12.9. The van der Waals surface area contributed by atoms with Gasteiger partial charge in [-0.15, -0.1) is 0 Å². The van der Waals surface area contributed by atoms with Gasteiger partial charge in [-0.2, -0.15) is 0 Å². The van der Waals surface area contributed by atoms with Gasteiger partial charge in [-0.1, -0.05) is 18.6 Å². The molecule has 16 heavy (non-hydrogen) atoms. The number of benzene rings is 1. The molecule has 86 valence electrons. The average molecular weight is 223 g/mol. The number of rotatable bonds is 2. The quantitative estimate of drug-likeness (QED) is 0.812. The Balaban J connectivity index is 2.04. The van der Waals surface area contributed by atoms with Gasteiger partial charge in [0.2, 0.25) is 0 Å². The molecular formula is C13H15F2N. The van der Waals surface area contributed by atoms with Crippen molar-refractivity contribution in [2.75, 3.05) is 6.54 Å². The van der Waals surface area contributed by atoms with Crippen molar-refractivity contribution >= 4 is 6.08 Å². The molecular weight excluding hydrogens is 208 g/mol. The summed E-state index contributed by atoms with van der Waals surface area (Å²) in [6, 6.07) is 3.89. The van der Waals surface area contributed by atoms with Crippen molar-refractivity contribution < 1.29 is 8.78 Å². The first-order valence-corrected chi connectivity index (χ1v) is 5.62. The predicted molar refractivity (Wildman–Crippen MR) is 61.0 cm³/mol. The first kappa shape index (κ1) is 11.3. The summed E-state index contributed by atoms with van der Waals surface area (Å²) in [4.78, 5) is 0. The highest BCUT2D eigenvalue weighted by Gasteiger charge is 2.08. The van der Waals surface area contributed by atoms with Crippen molar-refractivity contribution in [1.82, 2.24) is 5.32 Å². The lowest BCUT2D eigenvalue weighted by Gasteiger charge is -2.19. The van der Waals surface area contributed by atoms with Crippen LogP contribution in [0.5, 0.6) is 0 Å². The Morgan fingerprint density at radius 1 is 1.12 bits per heavy atom. The zero-order valence-corrected chi connectivity index (χ0v) is 9.05. The Labute approximate surface area is 94.2 Å². The van der Waals surface area contributed by atoms with Gasteiger partial charge in [0.25, 0.3) is 0 Å². The van der Waals surface area contributed by atoms with Crippen LogP contribution in [-0.2, 0) is 0 Å². The summed E-state index contributed by atoms with van der Waals surface area (Å²) in [5.74, 6) is -1.06. The minimum absolute atomic E-state index is 0.333. The van der Waals surface area contributed by atoms with Crippen LogP contribution >= 0.6 is 0 Å². The Morgan fingerprint density at radius 3 is 2.50 bits per heavy atom. The first-order valence-electron chi connectivity index (χ1n) is 5.62. The van der Waals surface area contributed by atoms with Gasteiger partial charge >= 0.3 is 0 Å². The fraction of sp³-hybridized carbons (Fsp3) is 0.385. The highest BCUT2D eigenvalue weighted by Crippen LogP contribution is 2.12. The van der Waals surface area contributed by atoms with Gasteiger partial charge < -0.3 is 5.32 Å². The molecule has 1 aromatic carbocycles. The van der Waals surface area contributed by atoms with Crippen LogP contribution in [0.4, 0.5) is 8.78 Å². The summed E-state index contributed by atoms with van der Waals surface area (Å²) in [5.41, 5.74) is 0.574. The smallest absolute Gasteiger partial charge is 0.126 e. The third-order valence-corrected chi connectivity index (χ3v) is 2.75. The number of nitrogens with one attached hydrogen (secondary N) is 1. The van der Waals surface area contributed by atoms with Crippen LogP contribution in [0.15, 0.2) is 24.3 Å². The third-order valence-electron chi connectivity index (χ3n) is 2.75. The molecule has 0 spiro atoms. The minimum atomic E-state index is -0.531. The molecule has 0 amide bonds. The van der Waals surface area contributed by atoms with Gasteiger partial charge in [0.1, 0.15) is 11.6 Å². The molecule has 1 atom stereocenters. The van der Waals surface area contributed by atoms with Crippen molar-refractivity contribution in [3.63, 3.8) is 0 Å². The van der Waals surface area contributed by atoms with E-state index in [0.717, 1.165) is 19.0 Å². The van der Waals surface area contributed by atoms with Crippen LogP contribution in [0.1, 0.15) is 24.8 Å². The number of halogens is 2. The lowest BCUT2D eigenvalue weighted by Crippen LogP contribution is -2.31. The van der Waals surface area contributed by atoms with Gasteiger partial charge in [0.15, 0.2) is 0 Å². The van der Waals surface area contributed by atoms with E-state index >= 15 is 0 Å². The maximum Gasteiger partial charge on any atom is 0.126 e. The Bertz CT molecular complexity index is 361. The van der Waals surface area contributed by atoms with Crippen LogP contribution < -0.4 is 5.32 Å². The van der Waals surface area contributed by atoms with E-state index in [1.807, 2.05) is 6.08 Å². The summed E-state index contributed by atoms with van der Waals surface area (Å²) < 4.78 is 25.8. The zero-order valence-electron chi connectivity index (χ0n) is 9.05. The van der Waals surface area contributed by atoms with E-state index in [2.05, 4.69) is 5.32 Å². The largest absolute Gasteiger partial charge is 0.311 e. The fourth-order valence-corrected chi connectivity index (χ4v) is 1.94. The van der Waals surface area contributed by atoms with Crippen LogP contribution in [0.25, 0.3) is 6.08 Å². The van der Waals surface area contributed by atoms with Gasteiger partial charge in [-0.25, -0.2) is 8.78 Å². The van der Waals surface area contributed by atoms with Crippen LogP contribution in [0, 0.1) is 11.6 Å². The third kappa shape index (κ3) is 3.14. The highest BCUT2D eigenvalue weighted by molar-refractivity contribution is 5.50. The van der Waals surface area contributed by atoms with Crippen molar-refractivity contribution in [3.05, 3.63) is 41.5 Å². The van der Waals surface area contributed by atoms with Crippen molar-refractivity contribution in [2.45, 2.75) is 25.3 Å². The topological polar surface area (TPSA) is 12.0 Å². The molecule has 1 heterocycles. The van der Waals surface area contributed by atoms with Gasteiger partial charge in [0, 0.05) is 12.1 Å². The molecule has 1 aliphatic rings. The second-order valence-corrected chi connectivity index (χ2v) is 4.12. The molecule has 1 saturated heterocycles. The minimum Gasteiger partial charge on any atom is -0.311 e. The molecule has 0 radical (unpaired) electrons. The molecule has 1 aromatic rings. The highest BCUT2D eigenvalue weighted by atomic mass is 19.1. The maximum atomic E-state index is 12.9. The average Bonchev–Trinajstić information content (AvgIpc) is 2.27. The van der Waals surface area contributed by atoms with Crippen molar-refractivity contribution in [1.29, 1.82) is 0 Å². The summed E-state index contributed by atoms with van der Waals surface area (Å²) in [6.45, 7) is 1.02. The lowest BCUT2D eigenvalue weighted by atomic mass is 10.0. The molecule has 1 aliphatic heterocycles. The molecule has 1 N–H and O–H groups in total. The lowest BCUT2D eigenvalue weighted by molar-refractivity contribution is 0.455. The SMILES string of the molecule is Fc1cc(F)cc(/C=C/C2CCCCN2)c1. The van der Waals surface area contributed by atoms with Gasteiger partial charge in [-0.05, 0) is 37.1 Å². The molecule has 0 saturated carbocycles. The van der Waals surface area contributed by atoms with E-state index in [4.69, 9.17) is 0 Å². The Hall–Kier alpha value is -1.22. The molecule has 1 unspecified atom stereocenters. The van der Waals surface area contributed by atoms with E-state index in [1.54, 1.807) is 6.08 Å². The monoisotopic (exact) mass is 223 g/mol. The summed E-state index contributed by atoms with van der Waals surface area (Å²) in [5, 5.41) is 3.34. The molecule has 0 bridgehead atoms. The van der Waals surface area contributed by atoms with E-state index < -0.39 is 11.6 Å². The molecule has 3 heteroatoms. The van der Waals surface area contributed by atoms with Crippen LogP contribution in [0.3, 0.4) is 0 Å². The molecule has 2 rings (SSSR count). The van der Waals surface area contributed by atoms with E-state index in [0.29, 0.717) is 11.6 Å². The molecule has 0 aromatic heterocycles. The predicted octanol–water partition coefficient (Wildman–Crippen LogP) is 3.12. The first-order chi connectivity index (χ1) is 7.74. The van der Waals surface area contributed by atoms with Gasteiger partial charge in [0.05, 0.1) is 0 Å². The van der Waals surface area contributed by atoms with Crippen molar-refractivity contribution in [2.24, 2.45) is 0 Å². The molecule has 1 fully saturated rings. The summed E-state index contributed by atoms with van der Waals surface area (Å²) in [7, 11) is 0. The molecule has 1 nitrogen and oxygen atoms in total. The summed E-state index contributed by atoms with van der Waals surface area (Å²) >= 11 is 0. The fourth-order valence-electron chi connectivity index (χ4n) is 1.94. The van der Waals surface area contributed by atoms with E-state index in [-0.39, 0.29) is 0 Å². The zero-order chi connectivity index (χ0) is 11.4. The number of hydrogen-bond donors (Lipinski definition) is 1. The number of piperidine rings is 1. The second-order valence-electron chi connectivity index (χ2n) is 4.12. The number of hydrogen-bond acceptors (Lipinski definition) is 1. The van der Waals surface area contributed by atoms with Crippen molar-refractivity contribution in [3.8, 4) is 0 Å². The standard InChI is InChI=1S/C13H15F2N/c14-11-7-10(8-12(15)9-11)4-5-13-3-1-2-6-16-13/h4-5,7-9,13,16H,1-3,6H2/b5-4+. The second kappa shape index (κ2) is 5.21. The Kier molecular flexibility index (Phi) is 3.67. The van der Waals surface area contributed by atoms with E-state index in [9.17, 15) is 8.78 Å². The molecule has 0 aliphatic carbocycles. The normalized spacial score (nSPS) is 21.5.